The molecule has 12 nitrogen and oxygen atoms in total. The number of amides is 3. The van der Waals surface area contributed by atoms with Gasteiger partial charge < -0.3 is 25.2 Å². The number of carbonyl (C=O) groups excluding carboxylic acids is 4. The van der Waals surface area contributed by atoms with Gasteiger partial charge in [-0.1, -0.05) is 11.2 Å². The summed E-state index contributed by atoms with van der Waals surface area (Å²) < 4.78 is 11.2. The molecule has 0 saturated carbocycles. The maximum Gasteiger partial charge on any atom is 0.330 e. The number of carbonyl (C=O) groups is 4. The van der Waals surface area contributed by atoms with Crippen molar-refractivity contribution in [2.75, 3.05) is 18.5 Å². The van der Waals surface area contributed by atoms with E-state index in [0.29, 0.717) is 43.7 Å². The van der Waals surface area contributed by atoms with Crippen molar-refractivity contribution in [3.05, 3.63) is 57.9 Å². The third kappa shape index (κ3) is 5.96. The minimum Gasteiger partial charge on any atom is -0.463 e. The van der Waals surface area contributed by atoms with Gasteiger partial charge in [0, 0.05) is 36.3 Å². The van der Waals surface area contributed by atoms with Gasteiger partial charge in [-0.2, -0.15) is 0 Å². The Labute approximate surface area is 212 Å². The molecule has 12 heteroatoms. The van der Waals surface area contributed by atoms with Crippen molar-refractivity contribution in [3.63, 3.8) is 0 Å². The third-order valence-corrected chi connectivity index (χ3v) is 6.38. The van der Waals surface area contributed by atoms with Crippen LogP contribution in [0.25, 0.3) is 0 Å². The zero-order valence-corrected chi connectivity index (χ0v) is 20.6. The smallest absolute Gasteiger partial charge is 0.330 e. The SMILES string of the molecule is CCOC(=O)C=CC(CC1CCNC1=O)NC(=O)C1CCc2ccc(NC(=O)c3cc(C)on3)c(=O)n21. The first-order chi connectivity index (χ1) is 17.8. The van der Waals surface area contributed by atoms with Crippen LogP contribution in [0.1, 0.15) is 54.2 Å². The van der Waals surface area contributed by atoms with E-state index in [1.54, 1.807) is 19.9 Å². The second kappa shape index (κ2) is 11.2. The van der Waals surface area contributed by atoms with Crippen LogP contribution < -0.4 is 21.5 Å². The maximum atomic E-state index is 13.3. The summed E-state index contributed by atoms with van der Waals surface area (Å²) in [6.45, 7) is 4.10. The van der Waals surface area contributed by atoms with Crippen LogP contribution in [-0.4, -0.2) is 52.6 Å². The Morgan fingerprint density at radius 3 is 2.78 bits per heavy atom. The van der Waals surface area contributed by atoms with Crippen LogP contribution in [0.2, 0.25) is 0 Å². The molecule has 0 spiro atoms. The van der Waals surface area contributed by atoms with Crippen LogP contribution in [0, 0.1) is 12.8 Å². The highest BCUT2D eigenvalue weighted by atomic mass is 16.5. The highest BCUT2D eigenvalue weighted by Crippen LogP contribution is 2.26. The van der Waals surface area contributed by atoms with Crippen LogP contribution in [0.15, 0.2) is 39.7 Å². The molecule has 2 aromatic heterocycles. The lowest BCUT2D eigenvalue weighted by molar-refractivity contribution is -0.137. The van der Waals surface area contributed by atoms with E-state index in [2.05, 4.69) is 21.1 Å². The van der Waals surface area contributed by atoms with Crippen molar-refractivity contribution in [3.8, 4) is 0 Å². The van der Waals surface area contributed by atoms with Gasteiger partial charge in [0.15, 0.2) is 5.69 Å². The van der Waals surface area contributed by atoms with E-state index < -0.39 is 35.4 Å². The monoisotopic (exact) mass is 511 g/mol. The number of esters is 1. The van der Waals surface area contributed by atoms with Crippen LogP contribution in [0.3, 0.4) is 0 Å². The third-order valence-electron chi connectivity index (χ3n) is 6.38. The van der Waals surface area contributed by atoms with Gasteiger partial charge in [-0.05, 0) is 51.7 Å². The molecule has 1 saturated heterocycles. The number of nitrogens with one attached hydrogen (secondary N) is 3. The fourth-order valence-electron chi connectivity index (χ4n) is 4.58. The molecule has 2 aromatic rings. The highest BCUT2D eigenvalue weighted by Gasteiger charge is 2.33. The number of aromatic nitrogens is 2. The van der Waals surface area contributed by atoms with Gasteiger partial charge >= 0.3 is 5.97 Å². The number of nitrogens with zero attached hydrogens (tertiary/aromatic N) is 2. The average Bonchev–Trinajstić information content (AvgIpc) is 3.60. The van der Waals surface area contributed by atoms with E-state index in [1.807, 2.05) is 0 Å². The lowest BCUT2D eigenvalue weighted by Crippen LogP contribution is -2.42. The molecule has 0 bridgehead atoms. The Balaban J connectivity index is 1.52. The van der Waals surface area contributed by atoms with E-state index >= 15 is 0 Å². The highest BCUT2D eigenvalue weighted by molar-refractivity contribution is 6.02. The molecule has 4 heterocycles. The summed E-state index contributed by atoms with van der Waals surface area (Å²) in [5, 5.41) is 11.8. The lowest BCUT2D eigenvalue weighted by Gasteiger charge is -2.21. The fourth-order valence-corrected chi connectivity index (χ4v) is 4.58. The average molecular weight is 512 g/mol. The standard InChI is InChI=1S/C25H29N5O7/c1-3-36-21(31)9-4-16(13-15-10-11-26-22(15)32)27-24(34)20-8-6-17-5-7-18(25(35)30(17)20)28-23(33)19-12-14(2)37-29-19/h4-5,7,9,12,15-16,20H,3,6,8,10-11,13H2,1-2H3,(H,26,32)(H,27,34)(H,28,33). The fraction of sp³-hybridized carbons (Fsp3) is 0.440. The summed E-state index contributed by atoms with van der Waals surface area (Å²) in [6.07, 6.45) is 4.55. The molecule has 3 amide bonds. The molecule has 0 aliphatic carbocycles. The lowest BCUT2D eigenvalue weighted by atomic mass is 9.97. The number of anilines is 1. The van der Waals surface area contributed by atoms with Crippen molar-refractivity contribution in [1.82, 2.24) is 20.4 Å². The number of pyridine rings is 1. The van der Waals surface area contributed by atoms with Crippen molar-refractivity contribution in [2.45, 2.75) is 51.6 Å². The molecule has 196 valence electrons. The van der Waals surface area contributed by atoms with Gasteiger partial charge in [0.2, 0.25) is 11.8 Å². The predicted octanol–water partition coefficient (Wildman–Crippen LogP) is 1.01. The Morgan fingerprint density at radius 1 is 1.30 bits per heavy atom. The van der Waals surface area contributed by atoms with Crippen molar-refractivity contribution < 1.29 is 28.4 Å². The molecule has 3 atom stereocenters. The van der Waals surface area contributed by atoms with Crippen molar-refractivity contribution >= 4 is 29.4 Å². The Kier molecular flexibility index (Phi) is 7.85. The normalized spacial score (nSPS) is 19.4. The van der Waals surface area contributed by atoms with Crippen molar-refractivity contribution in [2.24, 2.45) is 5.92 Å². The van der Waals surface area contributed by atoms with Crippen LogP contribution in [0.4, 0.5) is 5.69 Å². The molecule has 3 N–H and O–H groups in total. The quantitative estimate of drug-likeness (QED) is 0.332. The Morgan fingerprint density at radius 2 is 2.11 bits per heavy atom. The first-order valence-electron chi connectivity index (χ1n) is 12.2. The van der Waals surface area contributed by atoms with Crippen LogP contribution in [0.5, 0.6) is 0 Å². The summed E-state index contributed by atoms with van der Waals surface area (Å²) in [4.78, 5) is 63.0. The number of rotatable bonds is 9. The van der Waals surface area contributed by atoms with Gasteiger partial charge in [0.25, 0.3) is 11.5 Å². The summed E-state index contributed by atoms with van der Waals surface area (Å²) >= 11 is 0. The van der Waals surface area contributed by atoms with Gasteiger partial charge in [0.1, 0.15) is 17.5 Å². The first kappa shape index (κ1) is 25.9. The van der Waals surface area contributed by atoms with E-state index in [0.717, 1.165) is 0 Å². The molecule has 3 unspecified atom stereocenters. The van der Waals surface area contributed by atoms with E-state index in [1.165, 1.54) is 28.9 Å². The number of hydrogen-bond donors (Lipinski definition) is 3. The molecule has 2 aliphatic rings. The number of fused-ring (bicyclic) bond motifs is 1. The molecular formula is C25H29N5O7. The maximum absolute atomic E-state index is 13.3. The zero-order chi connectivity index (χ0) is 26.5. The molecule has 4 rings (SSSR count). The van der Waals surface area contributed by atoms with E-state index in [-0.39, 0.29) is 29.8 Å². The number of hydrogen-bond acceptors (Lipinski definition) is 8. The topological polar surface area (TPSA) is 162 Å². The molecule has 1 fully saturated rings. The van der Waals surface area contributed by atoms with Gasteiger partial charge in [0.05, 0.1) is 6.61 Å². The Hall–Kier alpha value is -4.22. The van der Waals surface area contributed by atoms with Crippen molar-refractivity contribution in [1.29, 1.82) is 0 Å². The summed E-state index contributed by atoms with van der Waals surface area (Å²) in [7, 11) is 0. The van der Waals surface area contributed by atoms with Gasteiger partial charge in [-0.3, -0.25) is 23.7 Å². The summed E-state index contributed by atoms with van der Waals surface area (Å²) in [5.41, 5.74) is 0.186. The predicted molar refractivity (Wildman–Crippen MR) is 131 cm³/mol. The molecule has 2 aliphatic heterocycles. The second-order valence-corrected chi connectivity index (χ2v) is 8.98. The van der Waals surface area contributed by atoms with Crippen LogP contribution >= 0.6 is 0 Å². The number of ether oxygens (including phenoxy) is 1. The van der Waals surface area contributed by atoms with Gasteiger partial charge in [-0.15, -0.1) is 0 Å². The molecule has 37 heavy (non-hydrogen) atoms. The molecule has 0 radical (unpaired) electrons. The minimum atomic E-state index is -0.815. The number of aryl methyl sites for hydroxylation is 2. The minimum absolute atomic E-state index is 0.00971. The van der Waals surface area contributed by atoms with Crippen LogP contribution in [-0.2, 0) is 25.5 Å². The van der Waals surface area contributed by atoms with E-state index in [9.17, 15) is 24.0 Å². The Bertz CT molecular complexity index is 1290. The molecule has 0 aromatic carbocycles. The zero-order valence-electron chi connectivity index (χ0n) is 20.6. The first-order valence-corrected chi connectivity index (χ1v) is 12.2. The summed E-state index contributed by atoms with van der Waals surface area (Å²) in [6, 6.07) is 3.21. The summed E-state index contributed by atoms with van der Waals surface area (Å²) in [5.74, 6) is -1.54. The largest absolute Gasteiger partial charge is 0.463 e. The molecular weight excluding hydrogens is 482 g/mol. The van der Waals surface area contributed by atoms with E-state index in [4.69, 9.17) is 9.26 Å². The second-order valence-electron chi connectivity index (χ2n) is 8.98. The van der Waals surface area contributed by atoms with Gasteiger partial charge in [-0.25, -0.2) is 4.79 Å².